The first-order chi connectivity index (χ1) is 11.4. The maximum atomic E-state index is 6.13. The molecule has 0 unspecified atom stereocenters. The number of hydrogen-bond acceptors (Lipinski definition) is 3. The van der Waals surface area contributed by atoms with Crippen LogP contribution >= 0.6 is 34.8 Å². The average molecular weight is 388 g/mol. The zero-order valence-electron chi connectivity index (χ0n) is 14.0. The first-order valence-electron chi connectivity index (χ1n) is 7.91. The Labute approximate surface area is 157 Å². The highest BCUT2D eigenvalue weighted by atomic mass is 35.5. The van der Waals surface area contributed by atoms with Crippen LogP contribution in [-0.4, -0.2) is 16.0 Å². The molecule has 0 aliphatic rings. The minimum atomic E-state index is 0.424. The minimum Gasteiger partial charge on any atom is -0.275 e. The molecule has 2 rings (SSSR count). The largest absolute Gasteiger partial charge is 0.275 e. The number of nitrogens with one attached hydrogen (secondary N) is 1. The Hall–Kier alpha value is -1.23. The molecule has 0 saturated carbocycles. The van der Waals surface area contributed by atoms with Gasteiger partial charge in [0.05, 0.1) is 27.6 Å². The SMILES string of the molecule is CCCCCn1nc(C)c(/C=N\Nc2c(Cl)cc(Cl)cc2Cl)c1C. The molecular weight excluding hydrogens is 367 g/mol. The molecule has 0 aliphatic carbocycles. The molecule has 24 heavy (non-hydrogen) atoms. The summed E-state index contributed by atoms with van der Waals surface area (Å²) in [4.78, 5) is 0. The Morgan fingerprint density at radius 2 is 1.83 bits per heavy atom. The van der Waals surface area contributed by atoms with Crippen molar-refractivity contribution in [2.24, 2.45) is 5.10 Å². The van der Waals surface area contributed by atoms with Gasteiger partial charge in [0.25, 0.3) is 0 Å². The van der Waals surface area contributed by atoms with Crippen LogP contribution in [0.15, 0.2) is 17.2 Å². The van der Waals surface area contributed by atoms with E-state index in [1.165, 1.54) is 12.8 Å². The number of aryl methyl sites for hydroxylation is 2. The van der Waals surface area contributed by atoms with Crippen molar-refractivity contribution >= 4 is 46.7 Å². The molecule has 130 valence electrons. The van der Waals surface area contributed by atoms with Crippen molar-refractivity contribution in [3.8, 4) is 0 Å². The second-order valence-corrected chi connectivity index (χ2v) is 6.88. The van der Waals surface area contributed by atoms with Gasteiger partial charge in [-0.3, -0.25) is 10.1 Å². The third kappa shape index (κ3) is 4.65. The van der Waals surface area contributed by atoms with Gasteiger partial charge in [0.15, 0.2) is 0 Å². The van der Waals surface area contributed by atoms with E-state index in [9.17, 15) is 0 Å². The van der Waals surface area contributed by atoms with Crippen molar-refractivity contribution in [1.29, 1.82) is 0 Å². The van der Waals surface area contributed by atoms with E-state index < -0.39 is 0 Å². The fraction of sp³-hybridized carbons (Fsp3) is 0.412. The lowest BCUT2D eigenvalue weighted by atomic mass is 10.2. The molecule has 0 aliphatic heterocycles. The van der Waals surface area contributed by atoms with Gasteiger partial charge in [0.1, 0.15) is 0 Å². The van der Waals surface area contributed by atoms with Crippen LogP contribution in [-0.2, 0) is 6.54 Å². The molecule has 1 heterocycles. The molecule has 0 radical (unpaired) electrons. The Bertz CT molecular complexity index is 715. The number of hydrazone groups is 1. The number of rotatable bonds is 7. The van der Waals surface area contributed by atoms with Crippen molar-refractivity contribution in [2.45, 2.75) is 46.6 Å². The van der Waals surface area contributed by atoms with Crippen molar-refractivity contribution < 1.29 is 0 Å². The highest BCUT2D eigenvalue weighted by Crippen LogP contribution is 2.33. The van der Waals surface area contributed by atoms with Gasteiger partial charge in [-0.05, 0) is 32.4 Å². The van der Waals surface area contributed by atoms with E-state index in [0.29, 0.717) is 20.8 Å². The fourth-order valence-corrected chi connectivity index (χ4v) is 3.34. The molecule has 0 spiro atoms. The lowest BCUT2D eigenvalue weighted by molar-refractivity contribution is 0.540. The molecule has 0 atom stereocenters. The number of nitrogens with zero attached hydrogens (tertiary/aromatic N) is 3. The van der Waals surface area contributed by atoms with Gasteiger partial charge >= 0.3 is 0 Å². The predicted octanol–water partition coefficient (Wildman–Crippen LogP) is 6.10. The molecule has 4 nitrogen and oxygen atoms in total. The van der Waals surface area contributed by atoms with Crippen molar-refractivity contribution in [1.82, 2.24) is 9.78 Å². The van der Waals surface area contributed by atoms with Gasteiger partial charge in [0, 0.05) is 22.8 Å². The Kier molecular flexibility index (Phi) is 6.96. The Balaban J connectivity index is 2.12. The molecule has 1 aromatic carbocycles. The zero-order chi connectivity index (χ0) is 17.7. The summed E-state index contributed by atoms with van der Waals surface area (Å²) in [7, 11) is 0. The maximum Gasteiger partial charge on any atom is 0.0935 e. The molecule has 0 fully saturated rings. The maximum absolute atomic E-state index is 6.13. The van der Waals surface area contributed by atoms with Crippen LogP contribution in [0.1, 0.15) is 43.1 Å². The van der Waals surface area contributed by atoms with Crippen LogP contribution in [0.4, 0.5) is 5.69 Å². The van der Waals surface area contributed by atoms with E-state index in [1.54, 1.807) is 18.3 Å². The summed E-state index contributed by atoms with van der Waals surface area (Å²) < 4.78 is 2.04. The van der Waals surface area contributed by atoms with Gasteiger partial charge < -0.3 is 0 Å². The average Bonchev–Trinajstić information content (AvgIpc) is 2.77. The van der Waals surface area contributed by atoms with Crippen molar-refractivity contribution in [2.75, 3.05) is 5.43 Å². The highest BCUT2D eigenvalue weighted by Gasteiger charge is 2.10. The van der Waals surface area contributed by atoms with Crippen molar-refractivity contribution in [3.05, 3.63) is 44.2 Å². The Morgan fingerprint density at radius 1 is 1.17 bits per heavy atom. The van der Waals surface area contributed by atoms with E-state index in [1.807, 2.05) is 11.6 Å². The molecule has 1 N–H and O–H groups in total. The van der Waals surface area contributed by atoms with Crippen LogP contribution in [0, 0.1) is 13.8 Å². The normalized spacial score (nSPS) is 11.4. The topological polar surface area (TPSA) is 42.2 Å². The fourth-order valence-electron chi connectivity index (χ4n) is 2.44. The molecule has 1 aromatic heterocycles. The van der Waals surface area contributed by atoms with E-state index in [-0.39, 0.29) is 0 Å². The highest BCUT2D eigenvalue weighted by molar-refractivity contribution is 6.41. The summed E-state index contributed by atoms with van der Waals surface area (Å²) in [5.74, 6) is 0. The van der Waals surface area contributed by atoms with Crippen LogP contribution in [0.25, 0.3) is 0 Å². The zero-order valence-corrected chi connectivity index (χ0v) is 16.3. The van der Waals surface area contributed by atoms with Crippen LogP contribution in [0.5, 0.6) is 0 Å². The second-order valence-electron chi connectivity index (χ2n) is 5.63. The summed E-state index contributed by atoms with van der Waals surface area (Å²) in [6.07, 6.45) is 5.27. The molecular formula is C17H21Cl3N4. The minimum absolute atomic E-state index is 0.424. The van der Waals surface area contributed by atoms with Gasteiger partial charge in [-0.2, -0.15) is 10.2 Å². The standard InChI is InChI=1S/C17H21Cl3N4/c1-4-5-6-7-24-12(3)14(11(2)23-24)10-21-22-17-15(19)8-13(18)9-16(17)20/h8-10,22H,4-7H2,1-3H3/b21-10-. The number of halogens is 3. The van der Waals surface area contributed by atoms with E-state index in [0.717, 1.165) is 29.9 Å². The van der Waals surface area contributed by atoms with Crippen LogP contribution in [0.2, 0.25) is 15.1 Å². The first kappa shape index (κ1) is 19.1. The van der Waals surface area contributed by atoms with Crippen LogP contribution in [0.3, 0.4) is 0 Å². The summed E-state index contributed by atoms with van der Waals surface area (Å²) in [5, 5.41) is 10.2. The van der Waals surface area contributed by atoms with Gasteiger partial charge in [0.2, 0.25) is 0 Å². The summed E-state index contributed by atoms with van der Waals surface area (Å²) >= 11 is 18.2. The summed E-state index contributed by atoms with van der Waals surface area (Å²) in [6, 6.07) is 3.24. The lowest BCUT2D eigenvalue weighted by Gasteiger charge is -2.06. The number of unbranched alkanes of at least 4 members (excludes halogenated alkanes) is 2. The summed E-state index contributed by atoms with van der Waals surface area (Å²) in [6.45, 7) is 7.15. The third-order valence-corrected chi connectivity index (χ3v) is 4.60. The van der Waals surface area contributed by atoms with Gasteiger partial charge in [-0.15, -0.1) is 0 Å². The number of anilines is 1. The second kappa shape index (κ2) is 8.75. The van der Waals surface area contributed by atoms with Gasteiger partial charge in [-0.1, -0.05) is 54.6 Å². The molecule has 0 amide bonds. The van der Waals surface area contributed by atoms with Gasteiger partial charge in [-0.25, -0.2) is 0 Å². The number of aromatic nitrogens is 2. The van der Waals surface area contributed by atoms with E-state index in [4.69, 9.17) is 34.8 Å². The van der Waals surface area contributed by atoms with Crippen molar-refractivity contribution in [3.63, 3.8) is 0 Å². The van der Waals surface area contributed by atoms with E-state index in [2.05, 4.69) is 29.5 Å². The molecule has 0 bridgehead atoms. The first-order valence-corrected chi connectivity index (χ1v) is 9.05. The monoisotopic (exact) mass is 386 g/mol. The smallest absolute Gasteiger partial charge is 0.0935 e. The van der Waals surface area contributed by atoms with Crippen LogP contribution < -0.4 is 5.43 Å². The summed E-state index contributed by atoms with van der Waals surface area (Å²) in [5.41, 5.74) is 6.46. The van der Waals surface area contributed by atoms with E-state index >= 15 is 0 Å². The Morgan fingerprint density at radius 3 is 2.46 bits per heavy atom. The predicted molar refractivity (Wildman–Crippen MR) is 104 cm³/mol. The number of benzene rings is 1. The molecule has 7 heteroatoms. The quantitative estimate of drug-likeness (QED) is 0.354. The lowest BCUT2D eigenvalue weighted by Crippen LogP contribution is -2.03. The molecule has 2 aromatic rings. The number of hydrogen-bond donors (Lipinski definition) is 1. The molecule has 0 saturated heterocycles. The third-order valence-electron chi connectivity index (χ3n) is 3.79.